The van der Waals surface area contributed by atoms with Gasteiger partial charge in [0.25, 0.3) is 0 Å². The van der Waals surface area contributed by atoms with E-state index < -0.39 is 11.9 Å². The monoisotopic (exact) mass is 186 g/mol. The highest BCUT2D eigenvalue weighted by molar-refractivity contribution is 5.80. The fourth-order valence-corrected chi connectivity index (χ4v) is 1.56. The number of nitrogens with zero attached hydrogens (tertiary/aromatic N) is 1. The molecule has 5 heteroatoms. The summed E-state index contributed by atoms with van der Waals surface area (Å²) in [6, 6.07) is -0.424. The molecule has 0 spiro atoms. The van der Waals surface area contributed by atoms with Gasteiger partial charge in [0.1, 0.15) is 0 Å². The molecule has 0 aromatic rings. The van der Waals surface area contributed by atoms with Crippen LogP contribution in [0.4, 0.5) is 0 Å². The largest absolute Gasteiger partial charge is 0.394 e. The van der Waals surface area contributed by atoms with Gasteiger partial charge in [-0.25, -0.2) is 0 Å². The molecule has 0 bridgehead atoms. The van der Waals surface area contributed by atoms with E-state index in [1.165, 1.54) is 4.90 Å². The van der Waals surface area contributed by atoms with E-state index in [2.05, 4.69) is 0 Å². The second-order valence-corrected chi connectivity index (χ2v) is 3.20. The predicted molar refractivity (Wildman–Crippen MR) is 45.6 cm³/mol. The van der Waals surface area contributed by atoms with Crippen molar-refractivity contribution in [2.75, 3.05) is 13.2 Å². The molecule has 0 saturated carbocycles. The van der Waals surface area contributed by atoms with Crippen LogP contribution in [0.15, 0.2) is 0 Å². The summed E-state index contributed by atoms with van der Waals surface area (Å²) < 4.78 is 0. The molecule has 1 atom stereocenters. The molecule has 74 valence electrons. The number of primary amides is 1. The minimum Gasteiger partial charge on any atom is -0.394 e. The summed E-state index contributed by atoms with van der Waals surface area (Å²) in [4.78, 5) is 23.4. The van der Waals surface area contributed by atoms with Crippen molar-refractivity contribution < 1.29 is 14.7 Å². The van der Waals surface area contributed by atoms with Crippen molar-refractivity contribution >= 4 is 11.8 Å². The van der Waals surface area contributed by atoms with Gasteiger partial charge in [-0.3, -0.25) is 9.59 Å². The van der Waals surface area contributed by atoms with Crippen LogP contribution < -0.4 is 5.73 Å². The predicted octanol–water partition coefficient (Wildman–Crippen LogP) is -1.15. The van der Waals surface area contributed by atoms with E-state index in [-0.39, 0.29) is 18.9 Å². The Bertz CT molecular complexity index is 217. The Kier molecular flexibility index (Phi) is 3.25. The number of aliphatic hydroxyl groups excluding tert-OH is 1. The minimum atomic E-state index is -0.487. The summed E-state index contributed by atoms with van der Waals surface area (Å²) in [5.41, 5.74) is 4.99. The molecular formula is C8H14N2O3. The molecule has 5 nitrogen and oxygen atoms in total. The first-order valence-electron chi connectivity index (χ1n) is 4.33. The van der Waals surface area contributed by atoms with Gasteiger partial charge in [-0.15, -0.1) is 0 Å². The highest BCUT2D eigenvalue weighted by atomic mass is 16.3. The van der Waals surface area contributed by atoms with E-state index in [0.29, 0.717) is 13.0 Å². The Labute approximate surface area is 76.5 Å². The smallest absolute Gasteiger partial charge is 0.222 e. The van der Waals surface area contributed by atoms with Gasteiger partial charge in [0.2, 0.25) is 11.8 Å². The first-order valence-corrected chi connectivity index (χ1v) is 4.33. The molecular weight excluding hydrogens is 172 g/mol. The van der Waals surface area contributed by atoms with Crippen molar-refractivity contribution in [2.24, 2.45) is 5.73 Å². The lowest BCUT2D eigenvalue weighted by molar-refractivity contribution is -0.131. The first-order chi connectivity index (χ1) is 6.15. The zero-order valence-corrected chi connectivity index (χ0v) is 7.40. The van der Waals surface area contributed by atoms with Gasteiger partial charge in [-0.1, -0.05) is 0 Å². The third-order valence-electron chi connectivity index (χ3n) is 2.20. The number of amides is 2. The van der Waals surface area contributed by atoms with Crippen LogP contribution in [0.3, 0.4) is 0 Å². The lowest BCUT2D eigenvalue weighted by Crippen LogP contribution is -2.41. The highest BCUT2D eigenvalue weighted by Crippen LogP contribution is 2.15. The van der Waals surface area contributed by atoms with E-state index in [9.17, 15) is 9.59 Å². The number of aliphatic hydroxyl groups is 1. The maximum Gasteiger partial charge on any atom is 0.222 e. The van der Waals surface area contributed by atoms with Crippen molar-refractivity contribution in [3.05, 3.63) is 0 Å². The van der Waals surface area contributed by atoms with Gasteiger partial charge in [0.15, 0.2) is 0 Å². The third-order valence-corrected chi connectivity index (χ3v) is 2.20. The van der Waals surface area contributed by atoms with Crippen LogP contribution in [0.1, 0.15) is 19.3 Å². The topological polar surface area (TPSA) is 83.6 Å². The molecule has 13 heavy (non-hydrogen) atoms. The van der Waals surface area contributed by atoms with Crippen LogP contribution in [0.25, 0.3) is 0 Å². The lowest BCUT2D eigenvalue weighted by atomic mass is 10.2. The maximum atomic E-state index is 11.2. The van der Waals surface area contributed by atoms with Crippen LogP contribution in [-0.4, -0.2) is 41.0 Å². The normalized spacial score (nSPS) is 19.2. The van der Waals surface area contributed by atoms with Gasteiger partial charge < -0.3 is 15.7 Å². The van der Waals surface area contributed by atoms with Crippen LogP contribution >= 0.6 is 0 Å². The fourth-order valence-electron chi connectivity index (χ4n) is 1.56. The molecule has 1 aliphatic rings. The maximum absolute atomic E-state index is 11.2. The van der Waals surface area contributed by atoms with Gasteiger partial charge in [-0.2, -0.15) is 0 Å². The summed E-state index contributed by atoms with van der Waals surface area (Å²) >= 11 is 0. The zero-order chi connectivity index (χ0) is 9.84. The number of hydrogen-bond donors (Lipinski definition) is 2. The van der Waals surface area contributed by atoms with Crippen LogP contribution in [0.2, 0.25) is 0 Å². The van der Waals surface area contributed by atoms with Crippen LogP contribution in [-0.2, 0) is 9.59 Å². The van der Waals surface area contributed by atoms with E-state index in [0.717, 1.165) is 6.42 Å². The number of carbonyl (C=O) groups is 2. The van der Waals surface area contributed by atoms with Crippen molar-refractivity contribution in [1.29, 1.82) is 0 Å². The highest BCUT2D eigenvalue weighted by Gasteiger charge is 2.28. The Hall–Kier alpha value is -1.10. The van der Waals surface area contributed by atoms with Crippen LogP contribution in [0.5, 0.6) is 0 Å². The van der Waals surface area contributed by atoms with Crippen molar-refractivity contribution in [3.63, 3.8) is 0 Å². The SMILES string of the molecule is NC(=O)C[C@@H](CO)N1CCCC1=O. The Morgan fingerprint density at radius 3 is 2.77 bits per heavy atom. The number of carbonyl (C=O) groups excluding carboxylic acids is 2. The number of likely N-dealkylation sites (tertiary alicyclic amines) is 1. The zero-order valence-electron chi connectivity index (χ0n) is 7.40. The first kappa shape index (κ1) is 9.98. The molecule has 0 radical (unpaired) electrons. The third kappa shape index (κ3) is 2.42. The molecule has 0 aromatic carbocycles. The lowest BCUT2D eigenvalue weighted by Gasteiger charge is -2.24. The summed E-state index contributed by atoms with van der Waals surface area (Å²) in [5.74, 6) is -0.487. The second kappa shape index (κ2) is 4.23. The minimum absolute atomic E-state index is 0.000278. The average molecular weight is 186 g/mol. The molecule has 1 aliphatic heterocycles. The van der Waals surface area contributed by atoms with E-state index in [4.69, 9.17) is 10.8 Å². The summed E-state index contributed by atoms with van der Waals surface area (Å²) in [6.07, 6.45) is 1.35. The fraction of sp³-hybridized carbons (Fsp3) is 0.750. The molecule has 2 amide bonds. The molecule has 3 N–H and O–H groups in total. The van der Waals surface area contributed by atoms with Crippen molar-refractivity contribution in [1.82, 2.24) is 4.90 Å². The number of nitrogens with two attached hydrogens (primary N) is 1. The molecule has 0 aromatic heterocycles. The second-order valence-electron chi connectivity index (χ2n) is 3.20. The van der Waals surface area contributed by atoms with Gasteiger partial charge >= 0.3 is 0 Å². The molecule has 1 rings (SSSR count). The standard InChI is InChI=1S/C8H14N2O3/c9-7(12)4-6(5-11)10-3-1-2-8(10)13/h6,11H,1-5H2,(H2,9,12)/t6-/m0/s1. The average Bonchev–Trinajstić information content (AvgIpc) is 2.47. The van der Waals surface area contributed by atoms with Gasteiger partial charge in [0, 0.05) is 19.4 Å². The van der Waals surface area contributed by atoms with Gasteiger partial charge in [-0.05, 0) is 6.42 Å². The molecule has 1 saturated heterocycles. The van der Waals surface area contributed by atoms with E-state index in [1.54, 1.807) is 0 Å². The Morgan fingerprint density at radius 2 is 2.38 bits per heavy atom. The molecule has 0 unspecified atom stereocenters. The number of hydrogen-bond acceptors (Lipinski definition) is 3. The summed E-state index contributed by atoms with van der Waals surface area (Å²) in [7, 11) is 0. The summed E-state index contributed by atoms with van der Waals surface area (Å²) in [6.45, 7) is 0.423. The quantitative estimate of drug-likeness (QED) is 0.581. The summed E-state index contributed by atoms with van der Waals surface area (Å²) in [5, 5.41) is 8.95. The van der Waals surface area contributed by atoms with Crippen LogP contribution in [0, 0.1) is 0 Å². The van der Waals surface area contributed by atoms with Crippen molar-refractivity contribution in [2.45, 2.75) is 25.3 Å². The Balaban J connectivity index is 2.54. The molecule has 1 fully saturated rings. The van der Waals surface area contributed by atoms with E-state index in [1.807, 2.05) is 0 Å². The molecule has 1 heterocycles. The van der Waals surface area contributed by atoms with Crippen molar-refractivity contribution in [3.8, 4) is 0 Å². The Morgan fingerprint density at radius 1 is 1.69 bits per heavy atom. The van der Waals surface area contributed by atoms with Gasteiger partial charge in [0.05, 0.1) is 12.6 Å². The number of rotatable bonds is 4. The molecule has 0 aliphatic carbocycles. The van der Waals surface area contributed by atoms with E-state index >= 15 is 0 Å².